The topological polar surface area (TPSA) is 61.7 Å². The van der Waals surface area contributed by atoms with E-state index in [9.17, 15) is 4.39 Å². The summed E-state index contributed by atoms with van der Waals surface area (Å²) in [6, 6.07) is 4.20. The van der Waals surface area contributed by atoms with Crippen LogP contribution in [0.3, 0.4) is 0 Å². The van der Waals surface area contributed by atoms with Crippen LogP contribution in [0.4, 0.5) is 4.39 Å². The lowest BCUT2D eigenvalue weighted by molar-refractivity contribution is 0.626. The highest BCUT2D eigenvalue weighted by Gasteiger charge is 2.19. The van der Waals surface area contributed by atoms with Crippen LogP contribution >= 0.6 is 0 Å². The number of hydrogen-bond acceptors (Lipinski definition) is 3. The van der Waals surface area contributed by atoms with Gasteiger partial charge in [0.2, 0.25) is 0 Å². The second kappa shape index (κ2) is 4.72. The van der Waals surface area contributed by atoms with Crippen LogP contribution in [-0.2, 0) is 13.6 Å². The third kappa shape index (κ3) is 1.98. The highest BCUT2D eigenvalue weighted by molar-refractivity contribution is 5.76. The van der Waals surface area contributed by atoms with Crippen molar-refractivity contribution in [2.45, 2.75) is 19.5 Å². The second-order valence-electron chi connectivity index (χ2n) is 4.77. The van der Waals surface area contributed by atoms with E-state index in [1.54, 1.807) is 16.9 Å². The van der Waals surface area contributed by atoms with Gasteiger partial charge in [0.25, 0.3) is 0 Å². The number of halogens is 1. The van der Waals surface area contributed by atoms with E-state index < -0.39 is 0 Å². The summed E-state index contributed by atoms with van der Waals surface area (Å²) in [6.45, 7) is 2.68. The van der Waals surface area contributed by atoms with Gasteiger partial charge in [0.1, 0.15) is 11.6 Å². The van der Waals surface area contributed by atoms with Gasteiger partial charge >= 0.3 is 0 Å². The quantitative estimate of drug-likeness (QED) is 0.793. The van der Waals surface area contributed by atoms with Crippen LogP contribution in [0.5, 0.6) is 0 Å². The molecule has 1 atom stereocenters. The Balaban J connectivity index is 2.15. The Hall–Kier alpha value is -2.21. The maximum Gasteiger partial charge on any atom is 0.131 e. The van der Waals surface area contributed by atoms with E-state index in [-0.39, 0.29) is 11.9 Å². The van der Waals surface area contributed by atoms with Gasteiger partial charge in [-0.3, -0.25) is 4.68 Å². The van der Waals surface area contributed by atoms with E-state index in [2.05, 4.69) is 10.1 Å². The van der Waals surface area contributed by atoms with Gasteiger partial charge in [-0.1, -0.05) is 0 Å². The Morgan fingerprint density at radius 3 is 2.85 bits per heavy atom. The van der Waals surface area contributed by atoms with Crippen LogP contribution in [0.2, 0.25) is 0 Å². The number of hydrogen-bond donors (Lipinski definition) is 1. The van der Waals surface area contributed by atoms with Crippen molar-refractivity contribution >= 4 is 11.0 Å². The minimum atomic E-state index is -0.376. The average Bonchev–Trinajstić information content (AvgIpc) is 3.01. The summed E-state index contributed by atoms with van der Waals surface area (Å²) in [4.78, 5) is 4.54. The lowest BCUT2D eigenvalue weighted by Gasteiger charge is -2.11. The van der Waals surface area contributed by atoms with Gasteiger partial charge < -0.3 is 10.3 Å². The maximum atomic E-state index is 13.4. The molecule has 2 aromatic heterocycles. The molecular formula is C14H16FN5. The van der Waals surface area contributed by atoms with E-state index in [0.717, 1.165) is 22.4 Å². The summed E-state index contributed by atoms with van der Waals surface area (Å²) in [5.41, 5.74) is 8.68. The summed E-state index contributed by atoms with van der Waals surface area (Å²) in [6.07, 6.45) is 3.59. The van der Waals surface area contributed by atoms with Crippen LogP contribution in [-0.4, -0.2) is 19.3 Å². The predicted octanol–water partition coefficient (Wildman–Crippen LogP) is 1.98. The van der Waals surface area contributed by atoms with Crippen molar-refractivity contribution in [1.82, 2.24) is 19.3 Å². The van der Waals surface area contributed by atoms with E-state index in [4.69, 9.17) is 5.73 Å². The maximum absolute atomic E-state index is 13.4. The molecule has 0 bridgehead atoms. The largest absolute Gasteiger partial charge is 0.327 e. The molecule has 0 spiro atoms. The van der Waals surface area contributed by atoms with Crippen molar-refractivity contribution in [3.8, 4) is 0 Å². The highest BCUT2D eigenvalue weighted by atomic mass is 19.1. The van der Waals surface area contributed by atoms with Gasteiger partial charge in [-0.15, -0.1) is 0 Å². The van der Waals surface area contributed by atoms with E-state index >= 15 is 0 Å². The minimum Gasteiger partial charge on any atom is -0.327 e. The van der Waals surface area contributed by atoms with Gasteiger partial charge in [0.05, 0.1) is 23.3 Å². The summed E-state index contributed by atoms with van der Waals surface area (Å²) in [7, 11) is 1.84. The van der Waals surface area contributed by atoms with Crippen LogP contribution in [0, 0.1) is 5.82 Å². The molecular weight excluding hydrogens is 257 g/mol. The minimum absolute atomic E-state index is 0.270. The molecule has 0 amide bonds. The number of benzene rings is 1. The number of aryl methyl sites for hydroxylation is 2. The Labute approximate surface area is 115 Å². The van der Waals surface area contributed by atoms with Gasteiger partial charge in [-0.25, -0.2) is 9.37 Å². The van der Waals surface area contributed by atoms with Gasteiger partial charge in [-0.05, 0) is 25.1 Å². The van der Waals surface area contributed by atoms with Gasteiger partial charge in [-0.2, -0.15) is 5.10 Å². The van der Waals surface area contributed by atoms with Crippen molar-refractivity contribution in [3.63, 3.8) is 0 Å². The van der Waals surface area contributed by atoms with Crippen molar-refractivity contribution in [1.29, 1.82) is 0 Å². The standard InChI is InChI=1S/C14H16FN5/c1-3-20-12-6-10(15)4-5-11(12)18-14(20)13(16)9-7-17-19(2)8-9/h4-8,13H,3,16H2,1-2H3. The molecule has 2 heterocycles. The third-order valence-corrected chi connectivity index (χ3v) is 3.42. The van der Waals surface area contributed by atoms with Crippen molar-refractivity contribution < 1.29 is 4.39 Å². The van der Waals surface area contributed by atoms with Crippen molar-refractivity contribution in [3.05, 3.63) is 47.8 Å². The number of aromatic nitrogens is 4. The van der Waals surface area contributed by atoms with Crippen LogP contribution < -0.4 is 5.73 Å². The smallest absolute Gasteiger partial charge is 0.131 e. The fourth-order valence-electron chi connectivity index (χ4n) is 2.43. The predicted molar refractivity (Wildman–Crippen MR) is 74.6 cm³/mol. The molecule has 5 nitrogen and oxygen atoms in total. The SMILES string of the molecule is CCn1c(C(N)c2cnn(C)c2)nc2ccc(F)cc21. The Morgan fingerprint density at radius 1 is 1.40 bits per heavy atom. The number of nitrogens with zero attached hydrogens (tertiary/aromatic N) is 4. The number of fused-ring (bicyclic) bond motifs is 1. The molecule has 0 fully saturated rings. The molecule has 0 radical (unpaired) electrons. The molecule has 2 N–H and O–H groups in total. The van der Waals surface area contributed by atoms with Crippen molar-refractivity contribution in [2.75, 3.05) is 0 Å². The molecule has 1 unspecified atom stereocenters. The zero-order chi connectivity index (χ0) is 14.3. The molecule has 0 aliphatic heterocycles. The van der Waals surface area contributed by atoms with E-state index in [1.165, 1.54) is 12.1 Å². The molecule has 0 aliphatic rings. The molecule has 0 saturated heterocycles. The molecule has 0 aliphatic carbocycles. The number of nitrogens with two attached hydrogens (primary N) is 1. The molecule has 6 heteroatoms. The van der Waals surface area contributed by atoms with E-state index in [1.807, 2.05) is 24.7 Å². The molecule has 104 valence electrons. The fourth-order valence-corrected chi connectivity index (χ4v) is 2.43. The third-order valence-electron chi connectivity index (χ3n) is 3.42. The molecule has 1 aromatic carbocycles. The van der Waals surface area contributed by atoms with Gasteiger partial charge in [0, 0.05) is 25.4 Å². The van der Waals surface area contributed by atoms with Crippen LogP contribution in [0.1, 0.15) is 24.4 Å². The first-order valence-electron chi connectivity index (χ1n) is 6.50. The van der Waals surface area contributed by atoms with Crippen molar-refractivity contribution in [2.24, 2.45) is 12.8 Å². The average molecular weight is 273 g/mol. The second-order valence-corrected chi connectivity index (χ2v) is 4.77. The molecule has 20 heavy (non-hydrogen) atoms. The first-order chi connectivity index (χ1) is 9.60. The monoisotopic (exact) mass is 273 g/mol. The highest BCUT2D eigenvalue weighted by Crippen LogP contribution is 2.24. The lowest BCUT2D eigenvalue weighted by atomic mass is 10.1. The zero-order valence-electron chi connectivity index (χ0n) is 11.4. The van der Waals surface area contributed by atoms with E-state index in [0.29, 0.717) is 6.54 Å². The Morgan fingerprint density at radius 2 is 2.20 bits per heavy atom. The summed E-state index contributed by atoms with van der Waals surface area (Å²) >= 11 is 0. The van der Waals surface area contributed by atoms with Crippen LogP contribution in [0.25, 0.3) is 11.0 Å². The number of imidazole rings is 1. The summed E-state index contributed by atoms with van der Waals surface area (Å²) in [5, 5.41) is 4.13. The molecule has 3 rings (SSSR count). The van der Waals surface area contributed by atoms with Crippen LogP contribution in [0.15, 0.2) is 30.6 Å². The molecule has 3 aromatic rings. The zero-order valence-corrected chi connectivity index (χ0v) is 11.4. The first kappa shape index (κ1) is 12.8. The van der Waals surface area contributed by atoms with Gasteiger partial charge in [0.15, 0.2) is 0 Å². The first-order valence-corrected chi connectivity index (χ1v) is 6.50. The number of rotatable bonds is 3. The molecule has 0 saturated carbocycles. The Bertz CT molecular complexity index is 758. The normalized spacial score (nSPS) is 13.0. The lowest BCUT2D eigenvalue weighted by Crippen LogP contribution is -2.17. The summed E-state index contributed by atoms with van der Waals surface area (Å²) < 4.78 is 17.0. The Kier molecular flexibility index (Phi) is 3.02. The fraction of sp³-hybridized carbons (Fsp3) is 0.286. The summed E-state index contributed by atoms with van der Waals surface area (Å²) in [5.74, 6) is 0.453.